The first-order valence-corrected chi connectivity index (χ1v) is 8.18. The van der Waals surface area contributed by atoms with Crippen LogP contribution in [0.2, 0.25) is 0 Å². The molecular weight excluding hydrogens is 379 g/mol. The third-order valence-electron chi connectivity index (χ3n) is 3.84. The Bertz CT molecular complexity index is 921. The summed E-state index contributed by atoms with van der Waals surface area (Å²) in [5, 5.41) is 1.26. The van der Waals surface area contributed by atoms with Crippen LogP contribution in [0.4, 0.5) is 0 Å². The maximum absolute atomic E-state index is 10.4. The number of carbonyl (C=O) groups is 1. The number of fused-ring (bicyclic) bond motifs is 1. The summed E-state index contributed by atoms with van der Waals surface area (Å²) in [6.45, 7) is 0. The van der Waals surface area contributed by atoms with Gasteiger partial charge in [0.15, 0.2) is 0 Å². The van der Waals surface area contributed by atoms with E-state index in [0.717, 1.165) is 5.56 Å². The van der Waals surface area contributed by atoms with Crippen molar-refractivity contribution in [3.05, 3.63) is 96.6 Å². The first kappa shape index (κ1) is 22.3. The number of halogens is 2. The highest BCUT2D eigenvalue weighted by atomic mass is 35.5. The first-order valence-electron chi connectivity index (χ1n) is 8.18. The minimum Gasteiger partial charge on any atom is -0.369 e. The predicted molar refractivity (Wildman–Crippen MR) is 118 cm³/mol. The Morgan fingerprint density at radius 3 is 1.93 bits per heavy atom. The van der Waals surface area contributed by atoms with Crippen molar-refractivity contribution in [1.82, 2.24) is 4.98 Å². The molecule has 0 unspecified atom stereocenters. The quantitative estimate of drug-likeness (QED) is 0.475. The highest BCUT2D eigenvalue weighted by Crippen LogP contribution is 2.23. The van der Waals surface area contributed by atoms with Crippen molar-refractivity contribution >= 4 is 41.6 Å². The summed E-state index contributed by atoms with van der Waals surface area (Å²) >= 11 is 0. The average Bonchev–Trinajstić information content (AvgIpc) is 3.08. The highest BCUT2D eigenvalue weighted by Gasteiger charge is 2.01. The molecule has 4 rings (SSSR count). The van der Waals surface area contributed by atoms with E-state index >= 15 is 0 Å². The van der Waals surface area contributed by atoms with Crippen LogP contribution in [0.3, 0.4) is 0 Å². The second-order valence-electron chi connectivity index (χ2n) is 5.76. The van der Waals surface area contributed by atoms with Crippen LogP contribution in [0.15, 0.2) is 91.0 Å². The van der Waals surface area contributed by atoms with E-state index in [0.29, 0.717) is 6.42 Å². The Hall–Kier alpha value is -2.75. The molecule has 140 valence electrons. The van der Waals surface area contributed by atoms with Crippen molar-refractivity contribution in [2.75, 3.05) is 0 Å². The van der Waals surface area contributed by atoms with Gasteiger partial charge in [0.2, 0.25) is 5.91 Å². The number of benzene rings is 3. The lowest BCUT2D eigenvalue weighted by atomic mass is 10.1. The molecule has 3 aromatic carbocycles. The number of aromatic amines is 1. The van der Waals surface area contributed by atoms with Gasteiger partial charge in [-0.15, -0.1) is 24.8 Å². The molecule has 1 heterocycles. The Morgan fingerprint density at radius 1 is 0.778 bits per heavy atom. The maximum atomic E-state index is 10.4. The minimum atomic E-state index is -0.286. The van der Waals surface area contributed by atoms with Gasteiger partial charge in [0.25, 0.3) is 0 Å². The molecule has 0 bridgehead atoms. The van der Waals surface area contributed by atoms with Crippen LogP contribution in [0.25, 0.3) is 22.2 Å². The fourth-order valence-corrected chi connectivity index (χ4v) is 2.64. The average molecular weight is 401 g/mol. The number of hydrogen-bond acceptors (Lipinski definition) is 1. The molecule has 0 aliphatic carbocycles. The SMILES string of the molecule is Cl.Cl.NC(=O)Cc1ccccc1.c1ccc(-c2cc3ccccc3[nH]2)cc1. The molecule has 0 atom stereocenters. The molecule has 5 heteroatoms. The van der Waals surface area contributed by atoms with Crippen LogP contribution < -0.4 is 5.73 Å². The van der Waals surface area contributed by atoms with Gasteiger partial charge in [-0.2, -0.15) is 0 Å². The number of aromatic nitrogens is 1. The van der Waals surface area contributed by atoms with Crippen molar-refractivity contribution in [1.29, 1.82) is 0 Å². The number of primary amides is 1. The third-order valence-corrected chi connectivity index (χ3v) is 3.84. The zero-order chi connectivity index (χ0) is 17.5. The molecule has 0 saturated heterocycles. The molecule has 0 spiro atoms. The van der Waals surface area contributed by atoms with Gasteiger partial charge < -0.3 is 10.7 Å². The van der Waals surface area contributed by atoms with Crippen molar-refractivity contribution in [2.45, 2.75) is 6.42 Å². The van der Waals surface area contributed by atoms with Crippen LogP contribution in [0.1, 0.15) is 5.56 Å². The Balaban J connectivity index is 0.000000271. The molecule has 0 radical (unpaired) electrons. The van der Waals surface area contributed by atoms with E-state index in [9.17, 15) is 4.79 Å². The van der Waals surface area contributed by atoms with Crippen molar-refractivity contribution < 1.29 is 4.79 Å². The van der Waals surface area contributed by atoms with E-state index in [1.54, 1.807) is 0 Å². The van der Waals surface area contributed by atoms with E-state index in [2.05, 4.69) is 53.5 Å². The van der Waals surface area contributed by atoms with Crippen molar-refractivity contribution in [3.8, 4) is 11.3 Å². The lowest BCUT2D eigenvalue weighted by molar-refractivity contribution is -0.117. The van der Waals surface area contributed by atoms with E-state index in [1.165, 1.54) is 22.2 Å². The van der Waals surface area contributed by atoms with Crippen LogP contribution in [0.5, 0.6) is 0 Å². The van der Waals surface area contributed by atoms with Crippen LogP contribution in [-0.2, 0) is 11.2 Å². The molecule has 3 nitrogen and oxygen atoms in total. The van der Waals surface area contributed by atoms with E-state index in [1.807, 2.05) is 42.5 Å². The maximum Gasteiger partial charge on any atom is 0.221 e. The van der Waals surface area contributed by atoms with E-state index in [4.69, 9.17) is 5.73 Å². The second kappa shape index (κ2) is 11.1. The lowest BCUT2D eigenvalue weighted by Crippen LogP contribution is -2.13. The summed E-state index contributed by atoms with van der Waals surface area (Å²) in [7, 11) is 0. The lowest BCUT2D eigenvalue weighted by Gasteiger charge is -1.94. The number of nitrogens with two attached hydrogens (primary N) is 1. The molecule has 0 fully saturated rings. The smallest absolute Gasteiger partial charge is 0.221 e. The highest BCUT2D eigenvalue weighted by molar-refractivity contribution is 5.86. The second-order valence-corrected chi connectivity index (χ2v) is 5.76. The molecule has 4 aromatic rings. The summed E-state index contributed by atoms with van der Waals surface area (Å²) in [5.41, 5.74) is 9.55. The number of hydrogen-bond donors (Lipinski definition) is 2. The van der Waals surface area contributed by atoms with Gasteiger partial charge in [-0.1, -0.05) is 78.9 Å². The Morgan fingerprint density at radius 2 is 1.33 bits per heavy atom. The summed E-state index contributed by atoms with van der Waals surface area (Å²) in [6.07, 6.45) is 0.334. The van der Waals surface area contributed by atoms with E-state index in [-0.39, 0.29) is 30.7 Å². The zero-order valence-electron chi connectivity index (χ0n) is 14.7. The number of H-pyrrole nitrogens is 1. The number of nitrogens with one attached hydrogen (secondary N) is 1. The molecule has 27 heavy (non-hydrogen) atoms. The molecular formula is C22H22Cl2N2O. The molecule has 1 amide bonds. The predicted octanol–water partition coefficient (Wildman–Crippen LogP) is 5.39. The molecule has 0 saturated carbocycles. The van der Waals surface area contributed by atoms with Crippen molar-refractivity contribution in [2.24, 2.45) is 5.73 Å². The summed E-state index contributed by atoms with van der Waals surface area (Å²) in [6, 6.07) is 30.3. The van der Waals surface area contributed by atoms with Gasteiger partial charge in [0.1, 0.15) is 0 Å². The molecule has 0 aliphatic rings. The summed E-state index contributed by atoms with van der Waals surface area (Å²) < 4.78 is 0. The number of para-hydroxylation sites is 1. The zero-order valence-corrected chi connectivity index (χ0v) is 16.3. The fourth-order valence-electron chi connectivity index (χ4n) is 2.64. The van der Waals surface area contributed by atoms with Crippen LogP contribution in [-0.4, -0.2) is 10.9 Å². The van der Waals surface area contributed by atoms with Gasteiger partial charge in [0, 0.05) is 16.6 Å². The summed E-state index contributed by atoms with van der Waals surface area (Å²) in [4.78, 5) is 13.8. The van der Waals surface area contributed by atoms with Crippen LogP contribution in [0, 0.1) is 0 Å². The van der Waals surface area contributed by atoms with Crippen LogP contribution >= 0.6 is 24.8 Å². The van der Waals surface area contributed by atoms with Crippen molar-refractivity contribution in [3.63, 3.8) is 0 Å². The van der Waals surface area contributed by atoms with Gasteiger partial charge in [-0.05, 0) is 23.3 Å². The Labute approximate surface area is 171 Å². The minimum absolute atomic E-state index is 0. The molecule has 1 aromatic heterocycles. The van der Waals surface area contributed by atoms with Gasteiger partial charge in [-0.3, -0.25) is 4.79 Å². The van der Waals surface area contributed by atoms with E-state index < -0.39 is 0 Å². The van der Waals surface area contributed by atoms with Gasteiger partial charge in [0.05, 0.1) is 6.42 Å². The van der Waals surface area contributed by atoms with Gasteiger partial charge >= 0.3 is 0 Å². The number of amides is 1. The Kier molecular flexibility index (Phi) is 9.14. The summed E-state index contributed by atoms with van der Waals surface area (Å²) in [5.74, 6) is -0.286. The monoisotopic (exact) mass is 400 g/mol. The third kappa shape index (κ3) is 6.48. The number of carbonyl (C=O) groups excluding carboxylic acids is 1. The number of rotatable bonds is 3. The fraction of sp³-hybridized carbons (Fsp3) is 0.0455. The molecule has 0 aliphatic heterocycles. The topological polar surface area (TPSA) is 58.9 Å². The standard InChI is InChI=1S/C14H11N.C8H9NO.2ClH/c1-2-6-11(7-3-1)14-10-12-8-4-5-9-13(12)15-14;9-8(10)6-7-4-2-1-3-5-7;;/h1-10,15H;1-5H,6H2,(H2,9,10);2*1H. The first-order chi connectivity index (χ1) is 12.2. The molecule has 3 N–H and O–H groups in total. The largest absolute Gasteiger partial charge is 0.369 e. The normalized spacial score (nSPS) is 9.33. The van der Waals surface area contributed by atoms with Gasteiger partial charge in [-0.25, -0.2) is 0 Å².